The van der Waals surface area contributed by atoms with E-state index < -0.39 is 0 Å². The number of nitrogens with one attached hydrogen (secondary N) is 1. The van der Waals surface area contributed by atoms with Crippen LogP contribution in [0.4, 0.5) is 11.5 Å². The van der Waals surface area contributed by atoms with Crippen LogP contribution in [0.25, 0.3) is 0 Å². The number of piperazine rings is 1. The van der Waals surface area contributed by atoms with E-state index in [1.54, 1.807) is 36.4 Å². The van der Waals surface area contributed by atoms with Gasteiger partial charge in [-0.25, -0.2) is 15.1 Å². The largest absolute Gasteiger partial charge is 0.461 e. The van der Waals surface area contributed by atoms with E-state index in [9.17, 15) is 9.59 Å². The van der Waals surface area contributed by atoms with Crippen molar-refractivity contribution >= 4 is 17.4 Å². The number of benzene rings is 1. The van der Waals surface area contributed by atoms with Crippen molar-refractivity contribution in [3.05, 3.63) is 99.4 Å². The Labute approximate surface area is 235 Å². The molecule has 206 valence electrons. The Morgan fingerprint density at radius 3 is 2.71 bits per heavy atom. The van der Waals surface area contributed by atoms with Crippen molar-refractivity contribution in [1.82, 2.24) is 30.0 Å². The van der Waals surface area contributed by atoms with Crippen LogP contribution in [0.2, 0.25) is 0 Å². The summed E-state index contributed by atoms with van der Waals surface area (Å²) in [5.74, 6) is 0.588. The zero-order valence-electron chi connectivity index (χ0n) is 22.4. The molecule has 1 fully saturated rings. The van der Waals surface area contributed by atoms with Crippen molar-refractivity contribution in [2.24, 2.45) is 0 Å². The highest BCUT2D eigenvalue weighted by Crippen LogP contribution is 2.38. The van der Waals surface area contributed by atoms with E-state index in [4.69, 9.17) is 10.00 Å². The van der Waals surface area contributed by atoms with Crippen molar-refractivity contribution in [3.63, 3.8) is 0 Å². The number of H-pyrrole nitrogens is 1. The molecule has 1 amide bonds. The Balaban J connectivity index is 1.13. The van der Waals surface area contributed by atoms with Gasteiger partial charge in [0.1, 0.15) is 24.2 Å². The number of aromatic amines is 1. The Morgan fingerprint density at radius 1 is 1.10 bits per heavy atom. The Bertz CT molecular complexity index is 1670. The summed E-state index contributed by atoms with van der Waals surface area (Å²) in [7, 11) is 0. The first-order chi connectivity index (χ1) is 20.0. The van der Waals surface area contributed by atoms with Gasteiger partial charge >= 0.3 is 6.01 Å². The van der Waals surface area contributed by atoms with E-state index in [-0.39, 0.29) is 35.8 Å². The number of pyridine rings is 1. The second-order valence-corrected chi connectivity index (χ2v) is 9.88. The summed E-state index contributed by atoms with van der Waals surface area (Å²) in [4.78, 5) is 44.5. The van der Waals surface area contributed by atoms with Gasteiger partial charge in [-0.1, -0.05) is 24.3 Å². The third-order valence-electron chi connectivity index (χ3n) is 7.51. The molecule has 0 bridgehead atoms. The van der Waals surface area contributed by atoms with Crippen molar-refractivity contribution in [1.29, 1.82) is 5.26 Å². The number of hydrogen-bond acceptors (Lipinski definition) is 10. The highest BCUT2D eigenvalue weighted by Gasteiger charge is 2.32. The normalized spacial score (nSPS) is 16.3. The number of nitrogens with zero attached hydrogens (tertiary/aromatic N) is 8. The lowest BCUT2D eigenvalue weighted by Crippen LogP contribution is -2.49. The maximum atomic E-state index is 13.3. The zero-order chi connectivity index (χ0) is 28.3. The van der Waals surface area contributed by atoms with Gasteiger partial charge in [0.05, 0.1) is 23.5 Å². The van der Waals surface area contributed by atoms with Gasteiger partial charge in [-0.3, -0.25) is 9.59 Å². The topological polar surface area (TPSA) is 144 Å². The fourth-order valence-electron chi connectivity index (χ4n) is 5.26. The number of nitriles is 1. The number of hydrogen-bond donors (Lipinski definition) is 1. The van der Waals surface area contributed by atoms with Crippen LogP contribution >= 0.6 is 0 Å². The summed E-state index contributed by atoms with van der Waals surface area (Å²) >= 11 is 0. The average molecular weight is 550 g/mol. The Morgan fingerprint density at radius 2 is 1.93 bits per heavy atom. The zero-order valence-corrected chi connectivity index (χ0v) is 22.4. The molecule has 2 aliphatic heterocycles. The summed E-state index contributed by atoms with van der Waals surface area (Å²) < 4.78 is 6.06. The van der Waals surface area contributed by atoms with E-state index in [1.165, 1.54) is 6.20 Å². The molecule has 2 aliphatic rings. The molecule has 0 saturated carbocycles. The van der Waals surface area contributed by atoms with Crippen LogP contribution in [0.15, 0.2) is 65.8 Å². The second kappa shape index (κ2) is 11.1. The predicted molar refractivity (Wildman–Crippen MR) is 150 cm³/mol. The van der Waals surface area contributed by atoms with Gasteiger partial charge in [0, 0.05) is 50.7 Å². The van der Waals surface area contributed by atoms with Crippen molar-refractivity contribution < 1.29 is 9.53 Å². The molecule has 0 unspecified atom stereocenters. The fraction of sp³-hybridized carbons (Fsp3) is 0.276. The molecular formula is C29H27N9O3. The SMILES string of the molecule is Cc1c(N2Cc3ccccc3[C@@H]2COc2nccc(C(=O)N3CCN(c4ccc(C#N)cn4)CC3)n2)cn[nH]c1=O. The van der Waals surface area contributed by atoms with Gasteiger partial charge in [0.15, 0.2) is 0 Å². The summed E-state index contributed by atoms with van der Waals surface area (Å²) in [6, 6.07) is 15.2. The van der Waals surface area contributed by atoms with E-state index >= 15 is 0 Å². The number of aromatic nitrogens is 5. The van der Waals surface area contributed by atoms with Crippen LogP contribution in [0.3, 0.4) is 0 Å². The van der Waals surface area contributed by atoms with Crippen LogP contribution in [0, 0.1) is 18.3 Å². The Kier molecular flexibility index (Phi) is 6.99. The quantitative estimate of drug-likeness (QED) is 0.380. The molecule has 6 rings (SSSR count). The summed E-state index contributed by atoms with van der Waals surface area (Å²) in [6.45, 7) is 4.86. The number of rotatable bonds is 6. The van der Waals surface area contributed by atoms with E-state index in [0.717, 1.165) is 22.6 Å². The minimum Gasteiger partial charge on any atom is -0.461 e. The summed E-state index contributed by atoms with van der Waals surface area (Å²) in [5, 5.41) is 15.5. The molecule has 0 spiro atoms. The molecule has 0 aliphatic carbocycles. The second-order valence-electron chi connectivity index (χ2n) is 9.88. The fourth-order valence-corrected chi connectivity index (χ4v) is 5.26. The smallest absolute Gasteiger partial charge is 0.317 e. The predicted octanol–water partition coefficient (Wildman–Crippen LogP) is 2.24. The highest BCUT2D eigenvalue weighted by atomic mass is 16.5. The molecule has 1 N–H and O–H groups in total. The first kappa shape index (κ1) is 25.9. The molecule has 1 aromatic carbocycles. The molecule has 12 nitrogen and oxygen atoms in total. The van der Waals surface area contributed by atoms with E-state index in [2.05, 4.69) is 47.1 Å². The molecule has 1 atom stereocenters. The Hall–Kier alpha value is -5.31. The third kappa shape index (κ3) is 5.17. The van der Waals surface area contributed by atoms with Crippen LogP contribution in [0.1, 0.15) is 38.8 Å². The van der Waals surface area contributed by atoms with Gasteiger partial charge in [-0.15, -0.1) is 0 Å². The van der Waals surface area contributed by atoms with Gasteiger partial charge in [0.25, 0.3) is 11.5 Å². The monoisotopic (exact) mass is 549 g/mol. The first-order valence-corrected chi connectivity index (χ1v) is 13.3. The molecule has 4 aromatic rings. The molecule has 41 heavy (non-hydrogen) atoms. The lowest BCUT2D eigenvalue weighted by atomic mass is 10.1. The number of carbonyl (C=O) groups is 1. The van der Waals surface area contributed by atoms with Gasteiger partial charge in [-0.05, 0) is 36.2 Å². The maximum absolute atomic E-state index is 13.3. The summed E-state index contributed by atoms with van der Waals surface area (Å²) in [6.07, 6.45) is 4.73. The minimum atomic E-state index is -0.235. The first-order valence-electron chi connectivity index (χ1n) is 13.3. The van der Waals surface area contributed by atoms with Gasteiger partial charge in [-0.2, -0.15) is 15.3 Å². The number of anilines is 2. The van der Waals surface area contributed by atoms with Crippen LogP contribution in [0.5, 0.6) is 6.01 Å². The van der Waals surface area contributed by atoms with Gasteiger partial charge < -0.3 is 19.4 Å². The van der Waals surface area contributed by atoms with E-state index in [0.29, 0.717) is 43.9 Å². The molecule has 12 heteroatoms. The molecular weight excluding hydrogens is 522 g/mol. The molecule has 0 radical (unpaired) electrons. The minimum absolute atomic E-state index is 0.112. The third-order valence-corrected chi connectivity index (χ3v) is 7.51. The lowest BCUT2D eigenvalue weighted by Gasteiger charge is -2.35. The van der Waals surface area contributed by atoms with Crippen molar-refractivity contribution in [2.75, 3.05) is 42.6 Å². The molecule has 5 heterocycles. The van der Waals surface area contributed by atoms with Crippen LogP contribution < -0.4 is 20.1 Å². The molecule has 3 aromatic heterocycles. The standard InChI is InChI=1S/C29H27N9O3/c1-19-24(16-33-35-27(19)39)38-17-21-4-2-3-5-22(21)25(38)18-41-29-31-9-8-23(34-29)28(40)37-12-10-36(11-13-37)26-7-6-20(14-30)15-32-26/h2-9,15-16,25H,10-13,17-18H2,1H3,(H,35,39)/t25-/m0/s1. The van der Waals surface area contributed by atoms with E-state index in [1.807, 2.05) is 24.3 Å². The lowest BCUT2D eigenvalue weighted by molar-refractivity contribution is 0.0738. The van der Waals surface area contributed by atoms with Crippen molar-refractivity contribution in [2.45, 2.75) is 19.5 Å². The number of carbonyl (C=O) groups excluding carboxylic acids is 1. The highest BCUT2D eigenvalue weighted by molar-refractivity contribution is 5.92. The maximum Gasteiger partial charge on any atom is 0.317 e. The van der Waals surface area contributed by atoms with Gasteiger partial charge in [0.2, 0.25) is 0 Å². The molecule has 1 saturated heterocycles. The average Bonchev–Trinajstić information content (AvgIpc) is 3.39. The number of ether oxygens (including phenoxy) is 1. The summed E-state index contributed by atoms with van der Waals surface area (Å²) in [5.41, 5.74) is 4.09. The van der Waals surface area contributed by atoms with Crippen molar-refractivity contribution in [3.8, 4) is 12.1 Å². The van der Waals surface area contributed by atoms with Crippen LogP contribution in [-0.4, -0.2) is 68.7 Å². The number of fused-ring (bicyclic) bond motifs is 1. The van der Waals surface area contributed by atoms with Crippen LogP contribution in [-0.2, 0) is 6.54 Å². The number of amides is 1.